The molecule has 1 heterocycles. The predicted octanol–water partition coefficient (Wildman–Crippen LogP) is 2.22. The number of nitrogens with zero attached hydrogens (tertiary/aromatic N) is 1. The van der Waals surface area contributed by atoms with E-state index in [1.54, 1.807) is 12.1 Å². The van der Waals surface area contributed by atoms with Gasteiger partial charge in [-0.3, -0.25) is 4.57 Å². The van der Waals surface area contributed by atoms with Crippen LogP contribution in [0.3, 0.4) is 0 Å². The van der Waals surface area contributed by atoms with Gasteiger partial charge in [0, 0.05) is 12.8 Å². The van der Waals surface area contributed by atoms with Crippen molar-refractivity contribution in [1.29, 1.82) is 0 Å². The van der Waals surface area contributed by atoms with Gasteiger partial charge in [0.15, 0.2) is 0 Å². The third-order valence-electron chi connectivity index (χ3n) is 2.61. The first-order valence-corrected chi connectivity index (χ1v) is 5.33. The zero-order chi connectivity index (χ0) is 12.3. The highest BCUT2D eigenvalue weighted by molar-refractivity contribution is 5.76. The first kappa shape index (κ1) is 11.4. The molecule has 0 aliphatic heterocycles. The van der Waals surface area contributed by atoms with Gasteiger partial charge in [-0.1, -0.05) is 24.3 Å². The predicted molar refractivity (Wildman–Crippen MR) is 64.1 cm³/mol. The zero-order valence-electron chi connectivity index (χ0n) is 9.21. The van der Waals surface area contributed by atoms with Crippen molar-refractivity contribution in [3.63, 3.8) is 0 Å². The maximum absolute atomic E-state index is 11.0. The van der Waals surface area contributed by atoms with Crippen LogP contribution in [0.15, 0.2) is 42.6 Å². The molecular weight excluding hydrogens is 218 g/mol. The first-order chi connectivity index (χ1) is 8.22. The summed E-state index contributed by atoms with van der Waals surface area (Å²) in [5, 5.41) is 17.8. The van der Waals surface area contributed by atoms with Crippen molar-refractivity contribution >= 4 is 6.09 Å². The molecule has 0 fully saturated rings. The maximum atomic E-state index is 11.0. The van der Waals surface area contributed by atoms with E-state index >= 15 is 0 Å². The van der Waals surface area contributed by atoms with Crippen LogP contribution in [-0.4, -0.2) is 27.5 Å². The number of aliphatic hydroxyl groups is 1. The number of rotatable bonds is 3. The molecule has 1 aromatic heterocycles. The van der Waals surface area contributed by atoms with Crippen molar-refractivity contribution < 1.29 is 15.0 Å². The average Bonchev–Trinajstić information content (AvgIpc) is 2.79. The van der Waals surface area contributed by atoms with E-state index in [0.717, 1.165) is 11.1 Å². The standard InChI is InChI=1S/C13H13NO3/c15-9-7-10-3-5-11(6-4-10)12-2-1-8-14(12)13(16)17/h1-6,8,15H,7,9H2,(H,16,17). The quantitative estimate of drug-likeness (QED) is 0.851. The van der Waals surface area contributed by atoms with Crippen LogP contribution in [0.4, 0.5) is 4.79 Å². The average molecular weight is 231 g/mol. The van der Waals surface area contributed by atoms with Gasteiger partial charge in [0.1, 0.15) is 0 Å². The van der Waals surface area contributed by atoms with Gasteiger partial charge in [-0.05, 0) is 29.7 Å². The molecule has 4 heteroatoms. The van der Waals surface area contributed by atoms with Gasteiger partial charge in [0.2, 0.25) is 0 Å². The van der Waals surface area contributed by atoms with Gasteiger partial charge in [0.05, 0.1) is 5.69 Å². The molecule has 0 saturated carbocycles. The van der Waals surface area contributed by atoms with Crippen LogP contribution < -0.4 is 0 Å². The first-order valence-electron chi connectivity index (χ1n) is 5.33. The SMILES string of the molecule is O=C(O)n1cccc1-c1ccc(CCO)cc1. The second-order valence-corrected chi connectivity index (χ2v) is 3.72. The van der Waals surface area contributed by atoms with Crippen molar-refractivity contribution in [2.45, 2.75) is 6.42 Å². The van der Waals surface area contributed by atoms with E-state index in [-0.39, 0.29) is 6.61 Å². The Morgan fingerprint density at radius 3 is 2.47 bits per heavy atom. The summed E-state index contributed by atoms with van der Waals surface area (Å²) in [6.07, 6.45) is 1.13. The van der Waals surface area contributed by atoms with Crippen LogP contribution in [0.2, 0.25) is 0 Å². The van der Waals surface area contributed by atoms with Crippen LogP contribution in [0.5, 0.6) is 0 Å². The third-order valence-corrected chi connectivity index (χ3v) is 2.61. The highest BCUT2D eigenvalue weighted by Crippen LogP contribution is 2.20. The Kier molecular flexibility index (Phi) is 3.25. The van der Waals surface area contributed by atoms with Gasteiger partial charge in [-0.25, -0.2) is 4.79 Å². The Bertz CT molecular complexity index is 514. The molecule has 0 aliphatic rings. The monoisotopic (exact) mass is 231 g/mol. The fourth-order valence-electron chi connectivity index (χ4n) is 1.75. The van der Waals surface area contributed by atoms with Gasteiger partial charge in [-0.2, -0.15) is 0 Å². The highest BCUT2D eigenvalue weighted by Gasteiger charge is 2.08. The summed E-state index contributed by atoms with van der Waals surface area (Å²) >= 11 is 0. The molecule has 2 rings (SSSR count). The third kappa shape index (κ3) is 2.37. The molecule has 0 unspecified atom stereocenters. The lowest BCUT2D eigenvalue weighted by Gasteiger charge is -2.05. The second-order valence-electron chi connectivity index (χ2n) is 3.72. The minimum absolute atomic E-state index is 0.116. The molecule has 2 N–H and O–H groups in total. The molecule has 0 amide bonds. The van der Waals surface area contributed by atoms with Crippen LogP contribution in [-0.2, 0) is 6.42 Å². The van der Waals surface area contributed by atoms with Crippen molar-refractivity contribution in [2.24, 2.45) is 0 Å². The van der Waals surface area contributed by atoms with E-state index in [2.05, 4.69) is 0 Å². The maximum Gasteiger partial charge on any atom is 0.415 e. The van der Waals surface area contributed by atoms with Crippen molar-refractivity contribution in [3.05, 3.63) is 48.2 Å². The Morgan fingerprint density at radius 2 is 1.88 bits per heavy atom. The minimum atomic E-state index is -0.996. The van der Waals surface area contributed by atoms with Crippen LogP contribution in [0.1, 0.15) is 5.56 Å². The number of aliphatic hydroxyl groups excluding tert-OH is 1. The second kappa shape index (κ2) is 4.84. The summed E-state index contributed by atoms with van der Waals surface area (Å²) in [4.78, 5) is 11.0. The fourth-order valence-corrected chi connectivity index (χ4v) is 1.75. The molecule has 17 heavy (non-hydrogen) atoms. The Hall–Kier alpha value is -2.07. The molecule has 0 radical (unpaired) electrons. The molecule has 88 valence electrons. The van der Waals surface area contributed by atoms with Crippen molar-refractivity contribution in [1.82, 2.24) is 4.57 Å². The molecule has 4 nitrogen and oxygen atoms in total. The van der Waals surface area contributed by atoms with E-state index in [4.69, 9.17) is 10.2 Å². The molecule has 0 aliphatic carbocycles. The van der Waals surface area contributed by atoms with Gasteiger partial charge in [0.25, 0.3) is 0 Å². The molecule has 0 saturated heterocycles. The molecule has 2 aromatic rings. The van der Waals surface area contributed by atoms with E-state index in [0.29, 0.717) is 12.1 Å². The number of benzene rings is 1. The lowest BCUT2D eigenvalue weighted by atomic mass is 10.1. The molecule has 0 spiro atoms. The summed E-state index contributed by atoms with van der Waals surface area (Å²) in [6, 6.07) is 11.0. The molecule has 0 atom stereocenters. The van der Waals surface area contributed by atoms with E-state index in [9.17, 15) is 4.79 Å². The topological polar surface area (TPSA) is 62.5 Å². The number of hydrogen-bond donors (Lipinski definition) is 2. The zero-order valence-corrected chi connectivity index (χ0v) is 9.21. The largest absolute Gasteiger partial charge is 0.464 e. The summed E-state index contributed by atoms with van der Waals surface area (Å²) < 4.78 is 1.18. The van der Waals surface area contributed by atoms with Crippen LogP contribution in [0.25, 0.3) is 11.3 Å². The van der Waals surface area contributed by atoms with Gasteiger partial charge >= 0.3 is 6.09 Å². The van der Waals surface area contributed by atoms with Crippen LogP contribution in [0, 0.1) is 0 Å². The van der Waals surface area contributed by atoms with E-state index in [1.165, 1.54) is 10.8 Å². The van der Waals surface area contributed by atoms with Gasteiger partial charge < -0.3 is 10.2 Å². The van der Waals surface area contributed by atoms with E-state index in [1.807, 2.05) is 24.3 Å². The number of aromatic nitrogens is 1. The Balaban J connectivity index is 2.33. The lowest BCUT2D eigenvalue weighted by molar-refractivity contribution is 0.197. The number of carbonyl (C=O) groups is 1. The summed E-state index contributed by atoms with van der Waals surface area (Å²) in [7, 11) is 0. The lowest BCUT2D eigenvalue weighted by Crippen LogP contribution is -2.07. The molecule has 1 aromatic carbocycles. The highest BCUT2D eigenvalue weighted by atomic mass is 16.4. The van der Waals surface area contributed by atoms with Gasteiger partial charge in [-0.15, -0.1) is 0 Å². The minimum Gasteiger partial charge on any atom is -0.464 e. The smallest absolute Gasteiger partial charge is 0.415 e. The van der Waals surface area contributed by atoms with Crippen molar-refractivity contribution in [3.8, 4) is 11.3 Å². The van der Waals surface area contributed by atoms with E-state index < -0.39 is 6.09 Å². The molecule has 0 bridgehead atoms. The summed E-state index contributed by atoms with van der Waals surface area (Å²) in [5.41, 5.74) is 2.52. The van der Waals surface area contributed by atoms with Crippen molar-refractivity contribution in [2.75, 3.05) is 6.61 Å². The fraction of sp³-hybridized carbons (Fsp3) is 0.154. The summed E-state index contributed by atoms with van der Waals surface area (Å²) in [5.74, 6) is 0. The molecular formula is C13H13NO3. The Morgan fingerprint density at radius 1 is 1.18 bits per heavy atom. The summed E-state index contributed by atoms with van der Waals surface area (Å²) in [6.45, 7) is 0.116. The number of carboxylic acid groups (broad SMARTS) is 1. The normalized spacial score (nSPS) is 10.4. The number of hydrogen-bond acceptors (Lipinski definition) is 2. The Labute approximate surface area is 98.8 Å². The van der Waals surface area contributed by atoms with Crippen LogP contribution >= 0.6 is 0 Å².